The summed E-state index contributed by atoms with van der Waals surface area (Å²) >= 11 is 0. The van der Waals surface area contributed by atoms with E-state index in [1.54, 1.807) is 14.0 Å². The van der Waals surface area contributed by atoms with Crippen LogP contribution in [0.25, 0.3) is 0 Å². The molecule has 8 heteroatoms. The van der Waals surface area contributed by atoms with Crippen LogP contribution in [-0.2, 0) is 16.1 Å². The first-order valence-electron chi connectivity index (χ1n) is 9.27. The van der Waals surface area contributed by atoms with Crippen LogP contribution in [-0.4, -0.2) is 68.6 Å². The van der Waals surface area contributed by atoms with E-state index in [2.05, 4.69) is 0 Å². The van der Waals surface area contributed by atoms with Crippen LogP contribution < -0.4 is 0 Å². The maximum atomic E-state index is 13.2. The number of rotatable bonds is 4. The molecule has 0 aromatic heterocycles. The summed E-state index contributed by atoms with van der Waals surface area (Å²) in [7, 11) is 1.62. The van der Waals surface area contributed by atoms with Crippen LogP contribution in [0.15, 0.2) is 47.2 Å². The van der Waals surface area contributed by atoms with Gasteiger partial charge in [0.1, 0.15) is 0 Å². The minimum absolute atomic E-state index is 0.230. The van der Waals surface area contributed by atoms with Gasteiger partial charge in [0.15, 0.2) is 18.0 Å². The Morgan fingerprint density at radius 1 is 1.21 bits per heavy atom. The van der Waals surface area contributed by atoms with Gasteiger partial charge in [0, 0.05) is 18.9 Å². The van der Waals surface area contributed by atoms with Gasteiger partial charge in [0.05, 0.1) is 12.6 Å². The van der Waals surface area contributed by atoms with Gasteiger partial charge >= 0.3 is 6.03 Å². The number of benzene rings is 1. The number of urea groups is 1. The number of allylic oxidation sites excluding steroid dienone is 1. The van der Waals surface area contributed by atoms with Crippen LogP contribution >= 0.6 is 0 Å². The zero-order chi connectivity index (χ0) is 20.2. The molecule has 3 unspecified atom stereocenters. The van der Waals surface area contributed by atoms with Crippen LogP contribution in [0.4, 0.5) is 4.79 Å². The molecular formula is C20H23N5O3. The van der Waals surface area contributed by atoms with Crippen LogP contribution in [0, 0.1) is 0 Å². The lowest BCUT2D eigenvalue weighted by molar-refractivity contribution is -0.142. The van der Waals surface area contributed by atoms with Crippen molar-refractivity contribution in [2.75, 3.05) is 7.05 Å². The number of carbonyl (C=O) groups excluding carboxylic acids is 3. The largest absolute Gasteiger partial charge is 0.328 e. The van der Waals surface area contributed by atoms with Crippen molar-refractivity contribution in [1.82, 2.24) is 19.6 Å². The maximum Gasteiger partial charge on any atom is 0.328 e. The lowest BCUT2D eigenvalue weighted by Gasteiger charge is -2.41. The minimum Gasteiger partial charge on any atom is -0.310 e. The average Bonchev–Trinajstić information content (AvgIpc) is 3.17. The number of imide groups is 1. The maximum absolute atomic E-state index is 13.2. The fraction of sp³-hybridized carbons (Fsp3) is 0.400. The second-order valence-electron chi connectivity index (χ2n) is 7.43. The summed E-state index contributed by atoms with van der Waals surface area (Å²) in [4.78, 5) is 48.9. The van der Waals surface area contributed by atoms with Gasteiger partial charge in [-0.2, -0.15) is 0 Å². The van der Waals surface area contributed by atoms with Crippen molar-refractivity contribution >= 4 is 23.7 Å². The fourth-order valence-electron chi connectivity index (χ4n) is 3.86. The van der Waals surface area contributed by atoms with E-state index in [0.29, 0.717) is 12.5 Å². The Morgan fingerprint density at radius 2 is 1.89 bits per heavy atom. The van der Waals surface area contributed by atoms with Crippen LogP contribution in [0.5, 0.6) is 0 Å². The summed E-state index contributed by atoms with van der Waals surface area (Å²) in [6, 6.07) is 8.05. The van der Waals surface area contributed by atoms with Gasteiger partial charge in [-0.25, -0.2) is 9.79 Å². The Bertz CT molecular complexity index is 910. The molecule has 4 rings (SSSR count). The number of nitrogens with zero attached hydrogens (tertiary/aromatic N) is 5. The van der Waals surface area contributed by atoms with Crippen molar-refractivity contribution < 1.29 is 14.4 Å². The Hall–Kier alpha value is -3.16. The molecule has 0 radical (unpaired) electrons. The molecule has 1 saturated heterocycles. The first-order valence-corrected chi connectivity index (χ1v) is 9.27. The van der Waals surface area contributed by atoms with Crippen LogP contribution in [0.3, 0.4) is 0 Å². The van der Waals surface area contributed by atoms with E-state index in [0.717, 1.165) is 16.2 Å². The summed E-state index contributed by atoms with van der Waals surface area (Å²) < 4.78 is 0. The van der Waals surface area contributed by atoms with E-state index in [9.17, 15) is 14.4 Å². The number of fused-ring (bicyclic) bond motifs is 3. The molecule has 1 aromatic carbocycles. The van der Waals surface area contributed by atoms with E-state index in [4.69, 9.17) is 4.99 Å². The highest BCUT2D eigenvalue weighted by atomic mass is 16.2. The van der Waals surface area contributed by atoms with Crippen molar-refractivity contribution in [3.8, 4) is 0 Å². The third-order valence-corrected chi connectivity index (χ3v) is 5.61. The number of guanidine groups is 1. The normalized spacial score (nSPS) is 24.9. The molecule has 3 heterocycles. The summed E-state index contributed by atoms with van der Waals surface area (Å²) in [5, 5.41) is 0. The monoisotopic (exact) mass is 381 g/mol. The highest BCUT2D eigenvalue weighted by Crippen LogP contribution is 2.35. The number of amides is 3. The average molecular weight is 381 g/mol. The third kappa shape index (κ3) is 2.59. The molecule has 146 valence electrons. The molecule has 0 bridgehead atoms. The second-order valence-corrected chi connectivity index (χ2v) is 7.43. The summed E-state index contributed by atoms with van der Waals surface area (Å²) in [5.74, 6) is 0.0355. The van der Waals surface area contributed by atoms with Gasteiger partial charge < -0.3 is 14.7 Å². The van der Waals surface area contributed by atoms with Gasteiger partial charge in [-0.1, -0.05) is 30.3 Å². The molecule has 3 aliphatic rings. The Kier molecular flexibility index (Phi) is 4.21. The third-order valence-electron chi connectivity index (χ3n) is 5.61. The van der Waals surface area contributed by atoms with E-state index in [1.807, 2.05) is 53.3 Å². The zero-order valence-corrected chi connectivity index (χ0v) is 16.4. The van der Waals surface area contributed by atoms with E-state index < -0.39 is 24.3 Å². The molecule has 0 aliphatic carbocycles. The molecule has 0 N–H and O–H groups in total. The van der Waals surface area contributed by atoms with E-state index in [-0.39, 0.29) is 11.7 Å². The van der Waals surface area contributed by atoms with Gasteiger partial charge in [-0.15, -0.1) is 0 Å². The SMILES string of the molecule is CC(=O)C(C)N1C(=O)C2C(N=C3N(Cc4ccccc4)C(C)=CN32)N(C)C1=O. The smallest absolute Gasteiger partial charge is 0.310 e. The lowest BCUT2D eigenvalue weighted by Crippen LogP contribution is -2.66. The molecule has 0 saturated carbocycles. The first kappa shape index (κ1) is 18.2. The first-order chi connectivity index (χ1) is 13.3. The standard InChI is InChI=1S/C20H23N5O3/c1-12-10-24-16-17(21-19(24)23(12)11-15-8-6-5-7-9-15)22(4)20(28)25(18(16)27)13(2)14(3)26/h5-10,13,16-17H,11H2,1-4H3. The van der Waals surface area contributed by atoms with Gasteiger partial charge in [0.25, 0.3) is 5.91 Å². The molecule has 3 aliphatic heterocycles. The Morgan fingerprint density at radius 3 is 2.54 bits per heavy atom. The summed E-state index contributed by atoms with van der Waals surface area (Å²) in [6.07, 6.45) is 1.29. The van der Waals surface area contributed by atoms with Crippen molar-refractivity contribution in [3.63, 3.8) is 0 Å². The van der Waals surface area contributed by atoms with E-state index >= 15 is 0 Å². The molecule has 3 atom stereocenters. The van der Waals surface area contributed by atoms with E-state index in [1.165, 1.54) is 11.8 Å². The van der Waals surface area contributed by atoms with Gasteiger partial charge in [0.2, 0.25) is 5.96 Å². The fourth-order valence-corrected chi connectivity index (χ4v) is 3.86. The summed E-state index contributed by atoms with van der Waals surface area (Å²) in [6.45, 7) is 5.56. The molecule has 28 heavy (non-hydrogen) atoms. The number of ketones is 1. The Labute approximate surface area is 163 Å². The number of likely N-dealkylation sites (N-methyl/N-ethyl adjacent to an activating group) is 1. The minimum atomic E-state index is -0.805. The quantitative estimate of drug-likeness (QED) is 0.792. The predicted molar refractivity (Wildman–Crippen MR) is 103 cm³/mol. The van der Waals surface area contributed by atoms with Crippen molar-refractivity contribution in [1.29, 1.82) is 0 Å². The van der Waals surface area contributed by atoms with Gasteiger partial charge in [-0.3, -0.25) is 14.5 Å². The lowest BCUT2D eigenvalue weighted by atomic mass is 10.1. The van der Waals surface area contributed by atoms with Crippen molar-refractivity contribution in [3.05, 3.63) is 47.8 Å². The summed E-state index contributed by atoms with van der Waals surface area (Å²) in [5.41, 5.74) is 2.09. The topological polar surface area (TPSA) is 76.5 Å². The number of carbonyl (C=O) groups is 3. The second kappa shape index (κ2) is 6.47. The molecular weight excluding hydrogens is 358 g/mol. The predicted octanol–water partition coefficient (Wildman–Crippen LogP) is 1.60. The number of hydrogen-bond donors (Lipinski definition) is 0. The number of hydrogen-bond acceptors (Lipinski definition) is 6. The molecule has 8 nitrogen and oxygen atoms in total. The van der Waals surface area contributed by atoms with Crippen molar-refractivity contribution in [2.45, 2.75) is 45.6 Å². The Balaban J connectivity index is 1.66. The molecule has 1 aromatic rings. The highest BCUT2D eigenvalue weighted by molar-refractivity contribution is 6.07. The molecule has 0 spiro atoms. The molecule has 3 amide bonds. The van der Waals surface area contributed by atoms with Crippen LogP contribution in [0.1, 0.15) is 26.3 Å². The van der Waals surface area contributed by atoms with Crippen molar-refractivity contribution in [2.24, 2.45) is 4.99 Å². The number of aliphatic imine (C=N–C) groups is 1. The van der Waals surface area contributed by atoms with Gasteiger partial charge in [-0.05, 0) is 26.3 Å². The van der Waals surface area contributed by atoms with Crippen LogP contribution in [0.2, 0.25) is 0 Å². The molecule has 1 fully saturated rings. The number of Topliss-reactive ketones (excluding diaryl/α,β-unsaturated/α-hetero) is 1. The zero-order valence-electron chi connectivity index (χ0n) is 16.4. The highest BCUT2D eigenvalue weighted by Gasteiger charge is 2.55.